The van der Waals surface area contributed by atoms with Gasteiger partial charge in [-0.3, -0.25) is 9.59 Å². The summed E-state index contributed by atoms with van der Waals surface area (Å²) in [5.74, 6) is -2.04. The van der Waals surface area contributed by atoms with E-state index in [9.17, 15) is 19.2 Å². The van der Waals surface area contributed by atoms with Gasteiger partial charge in [0.25, 0.3) is 5.91 Å². The summed E-state index contributed by atoms with van der Waals surface area (Å²) < 4.78 is 5.38. The molecule has 1 aromatic carbocycles. The molecule has 4 N–H and O–H groups in total. The van der Waals surface area contributed by atoms with Gasteiger partial charge in [-0.2, -0.15) is 0 Å². The van der Waals surface area contributed by atoms with Crippen LogP contribution in [0.4, 0.5) is 5.69 Å². The maximum atomic E-state index is 12.4. The number of carbonyl (C=O) groups excluding carboxylic acids is 2. The predicted octanol–water partition coefficient (Wildman–Crippen LogP) is 0.839. The molecule has 31 heavy (non-hydrogen) atoms. The first-order valence-corrected chi connectivity index (χ1v) is 10.5. The topological polar surface area (TPSA) is 130 Å². The number of nitrogens with one attached hydrogen (secondary N) is 3. The summed E-state index contributed by atoms with van der Waals surface area (Å²) in [5.41, 5.74) is 0.693. The Kier molecular flexibility index (Phi) is 8.75. The van der Waals surface area contributed by atoms with Gasteiger partial charge in [-0.15, -0.1) is 0 Å². The van der Waals surface area contributed by atoms with Gasteiger partial charge >= 0.3 is 11.6 Å². The van der Waals surface area contributed by atoms with Crippen LogP contribution in [-0.4, -0.2) is 48.6 Å². The van der Waals surface area contributed by atoms with Crippen molar-refractivity contribution in [1.82, 2.24) is 10.6 Å². The van der Waals surface area contributed by atoms with Crippen molar-refractivity contribution in [3.05, 3.63) is 40.2 Å². The van der Waals surface area contributed by atoms with E-state index in [2.05, 4.69) is 24.5 Å². The molecular weight excluding hydrogens is 402 g/mol. The zero-order valence-electron chi connectivity index (χ0n) is 18.1. The maximum absolute atomic E-state index is 12.4. The Hall–Kier alpha value is -3.20. The normalized spacial score (nSPS) is 12.0. The lowest BCUT2D eigenvalue weighted by atomic mass is 10.1. The summed E-state index contributed by atoms with van der Waals surface area (Å²) in [7, 11) is 0. The third-order valence-corrected chi connectivity index (χ3v) is 5.12. The van der Waals surface area contributed by atoms with Crippen molar-refractivity contribution in [2.75, 3.05) is 19.6 Å². The first-order valence-electron chi connectivity index (χ1n) is 10.5. The lowest BCUT2D eigenvalue weighted by Gasteiger charge is -2.15. The Labute approximate surface area is 180 Å². The van der Waals surface area contributed by atoms with Crippen LogP contribution in [0.15, 0.2) is 33.5 Å². The van der Waals surface area contributed by atoms with Gasteiger partial charge in [0, 0.05) is 24.9 Å². The van der Waals surface area contributed by atoms with E-state index < -0.39 is 29.5 Å². The lowest BCUT2D eigenvalue weighted by molar-refractivity contribution is -0.828. The van der Waals surface area contributed by atoms with Crippen LogP contribution in [0.25, 0.3) is 11.0 Å². The summed E-state index contributed by atoms with van der Waals surface area (Å²) in [6.07, 6.45) is 1.24. The highest BCUT2D eigenvalue weighted by atomic mass is 16.4. The van der Waals surface area contributed by atoms with Crippen molar-refractivity contribution in [3.63, 3.8) is 0 Å². The maximum Gasteiger partial charge on any atom is 0.349 e. The molecule has 0 aliphatic rings. The summed E-state index contributed by atoms with van der Waals surface area (Å²) in [4.78, 5) is 48.1. The Balaban J connectivity index is 1.97. The van der Waals surface area contributed by atoms with Gasteiger partial charge in [0.1, 0.15) is 22.9 Å². The summed E-state index contributed by atoms with van der Waals surface area (Å²) >= 11 is 0. The highest BCUT2D eigenvalue weighted by Gasteiger charge is 2.18. The fourth-order valence-corrected chi connectivity index (χ4v) is 3.42. The molecule has 2 rings (SSSR count). The molecule has 0 radical (unpaired) electrons. The number of hydrogen-bond donors (Lipinski definition) is 4. The van der Waals surface area contributed by atoms with Gasteiger partial charge in [-0.1, -0.05) is 0 Å². The van der Waals surface area contributed by atoms with E-state index in [1.807, 2.05) is 18.2 Å². The minimum absolute atomic E-state index is 0.0721. The van der Waals surface area contributed by atoms with Gasteiger partial charge in [0.15, 0.2) is 0 Å². The number of amides is 2. The van der Waals surface area contributed by atoms with Crippen LogP contribution >= 0.6 is 0 Å². The summed E-state index contributed by atoms with van der Waals surface area (Å²) in [6.45, 7) is 7.50. The molecule has 1 heterocycles. The smallest absolute Gasteiger partial charge is 0.349 e. The van der Waals surface area contributed by atoms with Gasteiger partial charge in [0.2, 0.25) is 5.91 Å². The van der Waals surface area contributed by atoms with Crippen LogP contribution in [0, 0.1) is 0 Å². The Morgan fingerprint density at radius 3 is 2.45 bits per heavy atom. The average molecular weight is 432 g/mol. The zero-order chi connectivity index (χ0) is 23.0. The molecule has 0 spiro atoms. The van der Waals surface area contributed by atoms with E-state index in [1.54, 1.807) is 0 Å². The van der Waals surface area contributed by atoms with Crippen molar-refractivity contribution in [2.24, 2.45) is 0 Å². The molecule has 1 aromatic heterocycles. The van der Waals surface area contributed by atoms with E-state index in [1.165, 1.54) is 17.9 Å². The van der Waals surface area contributed by atoms with E-state index >= 15 is 0 Å². The monoisotopic (exact) mass is 432 g/mol. The van der Waals surface area contributed by atoms with Crippen LogP contribution in [0.1, 0.15) is 50.4 Å². The molecule has 0 aliphatic heterocycles. The van der Waals surface area contributed by atoms with Gasteiger partial charge in [0.05, 0.1) is 13.1 Å². The molecule has 1 unspecified atom stereocenters. The third kappa shape index (κ3) is 6.65. The third-order valence-electron chi connectivity index (χ3n) is 5.12. The molecule has 0 aliphatic carbocycles. The second kappa shape index (κ2) is 11.3. The standard InChI is InChI=1S/C22H29N3O6/c1-4-25(5-2)16-10-9-15-12-17(22(30)31-19(15)13-16)20(27)23-11-7-6-8-18(21(28)29)24-14(3)26/h9-10,12-13,18H,4-8,11H2,1-3H3,(H,23,27)(H,24,26)(H,28,29)/p+1. The second-order valence-corrected chi connectivity index (χ2v) is 7.35. The van der Waals surface area contributed by atoms with Gasteiger partial charge < -0.3 is 25.1 Å². The second-order valence-electron chi connectivity index (χ2n) is 7.35. The van der Waals surface area contributed by atoms with E-state index in [4.69, 9.17) is 9.52 Å². The van der Waals surface area contributed by atoms with Crippen LogP contribution in [0.5, 0.6) is 0 Å². The number of unbranched alkanes of at least 4 members (excludes halogenated alkanes) is 1. The van der Waals surface area contributed by atoms with Gasteiger partial charge in [-0.05, 0) is 51.3 Å². The molecular formula is C22H30N3O6+. The lowest BCUT2D eigenvalue weighted by Crippen LogP contribution is -3.06. The van der Waals surface area contributed by atoms with Crippen LogP contribution in [0.3, 0.4) is 0 Å². The van der Waals surface area contributed by atoms with Crippen molar-refractivity contribution in [1.29, 1.82) is 0 Å². The van der Waals surface area contributed by atoms with Crippen LogP contribution < -0.4 is 21.2 Å². The average Bonchev–Trinajstić information content (AvgIpc) is 2.72. The predicted molar refractivity (Wildman–Crippen MR) is 116 cm³/mol. The Morgan fingerprint density at radius 1 is 1.13 bits per heavy atom. The van der Waals surface area contributed by atoms with Crippen molar-refractivity contribution in [2.45, 2.75) is 46.1 Å². The largest absolute Gasteiger partial charge is 0.480 e. The van der Waals surface area contributed by atoms with Crippen molar-refractivity contribution in [3.8, 4) is 0 Å². The number of hydrogen-bond acceptors (Lipinski definition) is 5. The SMILES string of the molecule is CC[NH+](CC)c1ccc2cc(C(=O)NCCCCC(NC(C)=O)C(=O)O)c(=O)oc2c1. The van der Waals surface area contributed by atoms with Crippen molar-refractivity contribution >= 4 is 34.4 Å². The number of aliphatic carboxylic acids is 1. The number of carbonyl (C=O) groups is 3. The van der Waals surface area contributed by atoms with E-state index in [0.717, 1.165) is 18.8 Å². The molecule has 0 fully saturated rings. The molecule has 0 bridgehead atoms. The quantitative estimate of drug-likeness (QED) is 0.308. The molecule has 0 saturated carbocycles. The molecule has 2 aromatic rings. The number of rotatable bonds is 11. The van der Waals surface area contributed by atoms with Crippen LogP contribution in [-0.2, 0) is 9.59 Å². The molecule has 2 amide bonds. The molecule has 0 saturated heterocycles. The van der Waals surface area contributed by atoms with E-state index in [0.29, 0.717) is 23.8 Å². The minimum Gasteiger partial charge on any atom is -0.480 e. The Morgan fingerprint density at radius 2 is 1.84 bits per heavy atom. The number of fused-ring (bicyclic) bond motifs is 1. The van der Waals surface area contributed by atoms with Crippen molar-refractivity contribution < 1.29 is 28.8 Å². The number of carboxylic acid groups (broad SMARTS) is 1. The molecule has 9 nitrogen and oxygen atoms in total. The highest BCUT2D eigenvalue weighted by Crippen LogP contribution is 2.17. The molecule has 168 valence electrons. The first kappa shape index (κ1) is 24.1. The molecule has 9 heteroatoms. The van der Waals surface area contributed by atoms with Gasteiger partial charge in [-0.25, -0.2) is 9.59 Å². The zero-order valence-corrected chi connectivity index (χ0v) is 18.1. The fourth-order valence-electron chi connectivity index (χ4n) is 3.42. The first-order chi connectivity index (χ1) is 14.8. The molecule has 1 atom stereocenters. The fraction of sp³-hybridized carbons (Fsp3) is 0.455. The number of benzene rings is 1. The summed E-state index contributed by atoms with van der Waals surface area (Å²) in [5, 5.41) is 14.8. The highest BCUT2D eigenvalue weighted by molar-refractivity contribution is 5.96. The number of carboxylic acids is 1. The number of quaternary nitrogens is 1. The van der Waals surface area contributed by atoms with E-state index in [-0.39, 0.29) is 18.5 Å². The Bertz CT molecular complexity index is 996. The summed E-state index contributed by atoms with van der Waals surface area (Å²) in [6, 6.07) is 6.19. The minimum atomic E-state index is -1.10. The van der Waals surface area contributed by atoms with Crippen LogP contribution in [0.2, 0.25) is 0 Å².